The van der Waals surface area contributed by atoms with Crippen molar-refractivity contribution in [2.75, 3.05) is 20.7 Å². The van der Waals surface area contributed by atoms with Crippen molar-refractivity contribution in [2.45, 2.75) is 39.5 Å². The van der Waals surface area contributed by atoms with Crippen LogP contribution in [0.15, 0.2) is 30.5 Å². The van der Waals surface area contributed by atoms with Crippen molar-refractivity contribution >= 4 is 22.7 Å². The van der Waals surface area contributed by atoms with E-state index in [-0.39, 0.29) is 17.2 Å². The number of H-pyrrole nitrogens is 1. The number of hydrogen-bond acceptors (Lipinski definition) is 5. The van der Waals surface area contributed by atoms with Gasteiger partial charge in [0, 0.05) is 30.7 Å². The van der Waals surface area contributed by atoms with Crippen LogP contribution in [0.4, 0.5) is 0 Å². The number of ether oxygens (including phenoxy) is 1. The zero-order valence-electron chi connectivity index (χ0n) is 19.6. The molecule has 8 heteroatoms. The summed E-state index contributed by atoms with van der Waals surface area (Å²) < 4.78 is 5.37. The molecule has 8 nitrogen and oxygen atoms in total. The number of carbonyl (C=O) groups excluding carboxylic acids is 2. The lowest BCUT2D eigenvalue weighted by atomic mass is 9.69. The monoisotopic (exact) mass is 449 g/mol. The van der Waals surface area contributed by atoms with E-state index in [1.54, 1.807) is 19.3 Å². The number of pyridine rings is 1. The third kappa shape index (κ3) is 4.55. The molecule has 0 spiro atoms. The van der Waals surface area contributed by atoms with Crippen molar-refractivity contribution in [1.82, 2.24) is 25.8 Å². The first kappa shape index (κ1) is 22.8. The fourth-order valence-corrected chi connectivity index (χ4v) is 4.68. The Labute approximate surface area is 193 Å². The predicted molar refractivity (Wildman–Crippen MR) is 127 cm³/mol. The summed E-state index contributed by atoms with van der Waals surface area (Å²) in [7, 11) is 3.09. The van der Waals surface area contributed by atoms with Crippen LogP contribution in [0, 0.1) is 11.3 Å². The van der Waals surface area contributed by atoms with Gasteiger partial charge in [-0.05, 0) is 47.9 Å². The maximum Gasteiger partial charge on any atom is 0.272 e. The molecule has 1 atom stereocenters. The smallest absolute Gasteiger partial charge is 0.272 e. The average molecular weight is 450 g/mol. The number of rotatable bonds is 6. The zero-order chi connectivity index (χ0) is 23.6. The van der Waals surface area contributed by atoms with Crippen molar-refractivity contribution in [1.29, 1.82) is 0 Å². The van der Waals surface area contributed by atoms with Gasteiger partial charge < -0.3 is 15.4 Å². The van der Waals surface area contributed by atoms with E-state index in [2.05, 4.69) is 39.7 Å². The van der Waals surface area contributed by atoms with Gasteiger partial charge in [-0.1, -0.05) is 32.8 Å². The van der Waals surface area contributed by atoms with Crippen LogP contribution in [0.1, 0.15) is 60.4 Å². The molecule has 2 aromatic heterocycles. The molecule has 0 bridgehead atoms. The molecule has 174 valence electrons. The van der Waals surface area contributed by atoms with Crippen LogP contribution in [0.5, 0.6) is 5.88 Å². The number of aromatic nitrogens is 3. The van der Waals surface area contributed by atoms with Crippen LogP contribution in [-0.2, 0) is 0 Å². The normalized spacial score (nSPS) is 17.5. The molecule has 0 saturated heterocycles. The Hall–Kier alpha value is -3.42. The quantitative estimate of drug-likeness (QED) is 0.528. The highest BCUT2D eigenvalue weighted by atomic mass is 16.5. The summed E-state index contributed by atoms with van der Waals surface area (Å²) in [5.41, 5.74) is 3.33. The number of methoxy groups -OCH3 is 1. The molecule has 1 aromatic carbocycles. The number of hydrogen-bond donors (Lipinski definition) is 3. The zero-order valence-corrected chi connectivity index (χ0v) is 19.6. The summed E-state index contributed by atoms with van der Waals surface area (Å²) in [6, 6.07) is 7.42. The first-order valence-corrected chi connectivity index (χ1v) is 11.4. The van der Waals surface area contributed by atoms with E-state index in [1.165, 1.54) is 26.4 Å². The van der Waals surface area contributed by atoms with Gasteiger partial charge in [0.2, 0.25) is 5.88 Å². The largest absolute Gasteiger partial charge is 0.480 e. The predicted octanol–water partition coefficient (Wildman–Crippen LogP) is 3.94. The molecule has 0 radical (unpaired) electrons. The molecule has 1 saturated carbocycles. The SMILES string of the molecule is CNC(=O)c1n[nH]c2cc(-c3cnc(OC)c(C(=O)NCC4CCCCC4(C)C)c3)ccc12. The van der Waals surface area contributed by atoms with E-state index in [9.17, 15) is 9.59 Å². The van der Waals surface area contributed by atoms with Gasteiger partial charge in [0.1, 0.15) is 5.56 Å². The minimum absolute atomic E-state index is 0.188. The van der Waals surface area contributed by atoms with Crippen molar-refractivity contribution in [3.8, 4) is 17.0 Å². The topological polar surface area (TPSA) is 109 Å². The van der Waals surface area contributed by atoms with Crippen molar-refractivity contribution in [3.63, 3.8) is 0 Å². The van der Waals surface area contributed by atoms with Crippen LogP contribution >= 0.6 is 0 Å². The van der Waals surface area contributed by atoms with Gasteiger partial charge in [0.05, 0.1) is 12.6 Å². The van der Waals surface area contributed by atoms with Crippen molar-refractivity contribution in [3.05, 3.63) is 41.7 Å². The first-order valence-electron chi connectivity index (χ1n) is 11.4. The fourth-order valence-electron chi connectivity index (χ4n) is 4.68. The molecule has 4 rings (SSSR count). The summed E-state index contributed by atoms with van der Waals surface area (Å²) in [6.07, 6.45) is 6.46. The second kappa shape index (κ2) is 9.21. The van der Waals surface area contributed by atoms with E-state index in [0.29, 0.717) is 29.6 Å². The summed E-state index contributed by atoms with van der Waals surface area (Å²) in [5, 5.41) is 13.4. The Balaban J connectivity index is 1.59. The maximum atomic E-state index is 13.1. The molecule has 1 fully saturated rings. The number of fused-ring (bicyclic) bond motifs is 1. The van der Waals surface area contributed by atoms with Gasteiger partial charge in [-0.15, -0.1) is 0 Å². The lowest BCUT2D eigenvalue weighted by Crippen LogP contribution is -2.38. The third-order valence-corrected chi connectivity index (χ3v) is 6.87. The highest BCUT2D eigenvalue weighted by molar-refractivity contribution is 6.05. The Bertz CT molecular complexity index is 1180. The number of nitrogens with one attached hydrogen (secondary N) is 3. The van der Waals surface area contributed by atoms with Gasteiger partial charge in [-0.25, -0.2) is 4.98 Å². The van der Waals surface area contributed by atoms with Crippen molar-refractivity contribution < 1.29 is 14.3 Å². The molecular weight excluding hydrogens is 418 g/mol. The minimum atomic E-state index is -0.250. The van der Waals surface area contributed by atoms with Gasteiger partial charge in [0.25, 0.3) is 11.8 Å². The maximum absolute atomic E-state index is 13.1. The van der Waals surface area contributed by atoms with E-state index >= 15 is 0 Å². The Morgan fingerprint density at radius 3 is 2.73 bits per heavy atom. The highest BCUT2D eigenvalue weighted by Crippen LogP contribution is 2.40. The standard InChI is InChI=1S/C25H31N5O3/c1-25(2)10-6-5-7-17(25)14-27-22(31)19-11-16(13-28-24(19)33-4)15-8-9-18-20(12-15)29-30-21(18)23(32)26-3/h8-9,11-13,17H,5-7,10,14H2,1-4H3,(H,26,32)(H,27,31)(H,29,30). The van der Waals surface area contributed by atoms with E-state index in [4.69, 9.17) is 4.74 Å². The molecule has 3 N–H and O–H groups in total. The second-order valence-electron chi connectivity index (χ2n) is 9.33. The summed E-state index contributed by atoms with van der Waals surface area (Å²) in [6.45, 7) is 5.21. The van der Waals surface area contributed by atoms with Crippen LogP contribution in [-0.4, -0.2) is 47.7 Å². The van der Waals surface area contributed by atoms with Gasteiger partial charge in [-0.2, -0.15) is 5.10 Å². The van der Waals surface area contributed by atoms with Crippen LogP contribution < -0.4 is 15.4 Å². The summed E-state index contributed by atoms with van der Waals surface area (Å²) in [5.74, 6) is 0.311. The molecule has 33 heavy (non-hydrogen) atoms. The van der Waals surface area contributed by atoms with E-state index < -0.39 is 0 Å². The van der Waals surface area contributed by atoms with E-state index in [0.717, 1.165) is 28.5 Å². The number of benzene rings is 1. The van der Waals surface area contributed by atoms with Gasteiger partial charge in [0.15, 0.2) is 5.69 Å². The Morgan fingerprint density at radius 2 is 2.00 bits per heavy atom. The van der Waals surface area contributed by atoms with Crippen LogP contribution in [0.25, 0.3) is 22.0 Å². The van der Waals surface area contributed by atoms with Gasteiger partial charge >= 0.3 is 0 Å². The third-order valence-electron chi connectivity index (χ3n) is 6.87. The highest BCUT2D eigenvalue weighted by Gasteiger charge is 2.32. The van der Waals surface area contributed by atoms with Gasteiger partial charge in [-0.3, -0.25) is 14.7 Å². The molecular formula is C25H31N5O3. The van der Waals surface area contributed by atoms with E-state index in [1.807, 2.05) is 18.2 Å². The second-order valence-corrected chi connectivity index (χ2v) is 9.33. The first-order chi connectivity index (χ1) is 15.8. The van der Waals surface area contributed by atoms with Crippen LogP contribution in [0.3, 0.4) is 0 Å². The Morgan fingerprint density at radius 1 is 1.18 bits per heavy atom. The molecule has 2 heterocycles. The lowest BCUT2D eigenvalue weighted by molar-refractivity contribution is 0.0893. The number of amides is 2. The number of nitrogens with zero attached hydrogens (tertiary/aromatic N) is 2. The Kier molecular flexibility index (Phi) is 6.35. The average Bonchev–Trinajstić information content (AvgIpc) is 3.25. The molecule has 1 aliphatic carbocycles. The molecule has 1 unspecified atom stereocenters. The minimum Gasteiger partial charge on any atom is -0.480 e. The molecule has 3 aromatic rings. The summed E-state index contributed by atoms with van der Waals surface area (Å²) in [4.78, 5) is 29.5. The molecule has 1 aliphatic rings. The molecule has 2 amide bonds. The summed E-state index contributed by atoms with van der Waals surface area (Å²) >= 11 is 0. The number of aromatic amines is 1. The number of carbonyl (C=O) groups is 2. The van der Waals surface area contributed by atoms with Crippen molar-refractivity contribution in [2.24, 2.45) is 11.3 Å². The van der Waals surface area contributed by atoms with Crippen LogP contribution in [0.2, 0.25) is 0 Å². The molecule has 0 aliphatic heterocycles. The fraction of sp³-hybridized carbons (Fsp3) is 0.440. The lowest BCUT2D eigenvalue weighted by Gasteiger charge is -2.38.